The Balaban J connectivity index is 2.17. The van der Waals surface area contributed by atoms with Crippen LogP contribution in [0.15, 0.2) is 24.3 Å². The number of hydrogen-bond acceptors (Lipinski definition) is 4. The molecule has 1 saturated heterocycles. The van der Waals surface area contributed by atoms with Gasteiger partial charge in [-0.2, -0.15) is 0 Å². The van der Waals surface area contributed by atoms with Gasteiger partial charge in [-0.1, -0.05) is 12.1 Å². The summed E-state index contributed by atoms with van der Waals surface area (Å²) in [4.78, 5) is 2.05. The van der Waals surface area contributed by atoms with Crippen LogP contribution >= 0.6 is 0 Å². The molecule has 4 nitrogen and oxygen atoms in total. The van der Waals surface area contributed by atoms with Gasteiger partial charge in [0.15, 0.2) is 9.84 Å². The van der Waals surface area contributed by atoms with Crippen LogP contribution in [-0.4, -0.2) is 33.0 Å². The first-order valence-electron chi connectivity index (χ1n) is 5.74. The fourth-order valence-corrected chi connectivity index (χ4v) is 3.97. The summed E-state index contributed by atoms with van der Waals surface area (Å²) in [7, 11) is -0.885. The van der Waals surface area contributed by atoms with E-state index >= 15 is 0 Å². The van der Waals surface area contributed by atoms with E-state index in [1.165, 1.54) is 0 Å². The van der Waals surface area contributed by atoms with Crippen molar-refractivity contribution in [3.8, 4) is 0 Å². The Bertz CT molecular complexity index is 499. The molecule has 1 fully saturated rings. The van der Waals surface area contributed by atoms with E-state index in [1.807, 2.05) is 36.2 Å². The molecule has 0 aromatic heterocycles. The van der Waals surface area contributed by atoms with Gasteiger partial charge in [-0.05, 0) is 24.1 Å². The van der Waals surface area contributed by atoms with Crippen molar-refractivity contribution in [2.45, 2.75) is 19.0 Å². The van der Waals surface area contributed by atoms with Crippen LogP contribution in [0.1, 0.15) is 12.0 Å². The highest BCUT2D eigenvalue weighted by Crippen LogP contribution is 2.23. The maximum absolute atomic E-state index is 11.5. The third kappa shape index (κ3) is 2.79. The summed E-state index contributed by atoms with van der Waals surface area (Å²) in [5, 5.41) is 0. The second-order valence-corrected chi connectivity index (χ2v) is 6.77. The molecule has 0 saturated carbocycles. The quantitative estimate of drug-likeness (QED) is 0.865. The van der Waals surface area contributed by atoms with Crippen molar-refractivity contribution in [2.24, 2.45) is 5.73 Å². The molecular formula is C12H18N2O2S. The third-order valence-corrected chi connectivity index (χ3v) is 5.06. The Morgan fingerprint density at radius 2 is 2.24 bits per heavy atom. The predicted molar refractivity (Wildman–Crippen MR) is 69.8 cm³/mol. The minimum absolute atomic E-state index is 0.0908. The molecule has 0 radical (unpaired) electrons. The molecule has 0 amide bonds. The number of nitrogens with zero attached hydrogens (tertiary/aromatic N) is 1. The molecule has 2 rings (SSSR count). The minimum Gasteiger partial charge on any atom is -0.371 e. The largest absolute Gasteiger partial charge is 0.371 e. The van der Waals surface area contributed by atoms with Gasteiger partial charge in [0.05, 0.1) is 11.5 Å². The average molecular weight is 254 g/mol. The van der Waals surface area contributed by atoms with Crippen molar-refractivity contribution < 1.29 is 8.42 Å². The van der Waals surface area contributed by atoms with Crippen molar-refractivity contribution in [3.63, 3.8) is 0 Å². The molecule has 94 valence electrons. The summed E-state index contributed by atoms with van der Waals surface area (Å²) in [6, 6.07) is 8.03. The van der Waals surface area contributed by atoms with E-state index in [1.54, 1.807) is 0 Å². The summed E-state index contributed by atoms with van der Waals surface area (Å²) in [6.07, 6.45) is 0.714. The van der Waals surface area contributed by atoms with Crippen LogP contribution in [-0.2, 0) is 16.4 Å². The van der Waals surface area contributed by atoms with Crippen LogP contribution < -0.4 is 10.6 Å². The van der Waals surface area contributed by atoms with E-state index in [9.17, 15) is 8.42 Å². The molecule has 1 atom stereocenters. The lowest BCUT2D eigenvalue weighted by Crippen LogP contribution is -2.32. The second-order valence-electron chi connectivity index (χ2n) is 4.54. The Morgan fingerprint density at radius 3 is 2.82 bits per heavy atom. The van der Waals surface area contributed by atoms with Gasteiger partial charge in [-0.3, -0.25) is 0 Å². The first kappa shape index (κ1) is 12.4. The number of nitrogens with two attached hydrogens (primary N) is 1. The Kier molecular flexibility index (Phi) is 3.40. The van der Waals surface area contributed by atoms with Gasteiger partial charge in [0.25, 0.3) is 0 Å². The molecule has 0 bridgehead atoms. The van der Waals surface area contributed by atoms with Gasteiger partial charge < -0.3 is 10.6 Å². The van der Waals surface area contributed by atoms with Gasteiger partial charge in [0.2, 0.25) is 0 Å². The predicted octanol–water partition coefficient (Wildman–Crippen LogP) is 0.769. The van der Waals surface area contributed by atoms with Crippen molar-refractivity contribution in [3.05, 3.63) is 29.8 Å². The van der Waals surface area contributed by atoms with E-state index in [2.05, 4.69) is 0 Å². The zero-order chi connectivity index (χ0) is 12.5. The molecule has 17 heavy (non-hydrogen) atoms. The fraction of sp³-hybridized carbons (Fsp3) is 0.500. The highest BCUT2D eigenvalue weighted by molar-refractivity contribution is 7.91. The lowest BCUT2D eigenvalue weighted by Gasteiger charge is -2.26. The molecule has 1 aliphatic heterocycles. The normalized spacial score (nSPS) is 22.6. The van der Waals surface area contributed by atoms with Crippen LogP contribution in [0.3, 0.4) is 0 Å². The summed E-state index contributed by atoms with van der Waals surface area (Å²) < 4.78 is 22.9. The standard InChI is InChI=1S/C12H18N2O2S/c1-14(12-5-6-17(15,16)9-12)11-4-2-3-10(7-11)8-13/h2-4,7,12H,5-6,8-9,13H2,1H3. The number of anilines is 1. The lowest BCUT2D eigenvalue weighted by atomic mass is 10.1. The maximum atomic E-state index is 11.5. The molecular weight excluding hydrogens is 236 g/mol. The number of benzene rings is 1. The van der Waals surface area contributed by atoms with Crippen molar-refractivity contribution >= 4 is 15.5 Å². The van der Waals surface area contributed by atoms with Crippen LogP contribution in [0.2, 0.25) is 0 Å². The van der Waals surface area contributed by atoms with Gasteiger partial charge in [-0.15, -0.1) is 0 Å². The van der Waals surface area contributed by atoms with E-state index in [-0.39, 0.29) is 11.8 Å². The Hall–Kier alpha value is -1.07. The van der Waals surface area contributed by atoms with Crippen molar-refractivity contribution in [1.82, 2.24) is 0 Å². The number of rotatable bonds is 3. The summed E-state index contributed by atoms with van der Waals surface area (Å²) >= 11 is 0. The van der Waals surface area contributed by atoms with Gasteiger partial charge >= 0.3 is 0 Å². The Morgan fingerprint density at radius 1 is 1.47 bits per heavy atom. The summed E-state index contributed by atoms with van der Waals surface area (Å²) in [5.74, 6) is 0.564. The van der Waals surface area contributed by atoms with E-state index in [0.717, 1.165) is 11.3 Å². The fourth-order valence-electron chi connectivity index (χ4n) is 2.19. The molecule has 0 spiro atoms. The van der Waals surface area contributed by atoms with Crippen LogP contribution in [0.5, 0.6) is 0 Å². The molecule has 5 heteroatoms. The molecule has 1 unspecified atom stereocenters. The van der Waals surface area contributed by atoms with E-state index in [0.29, 0.717) is 18.7 Å². The van der Waals surface area contributed by atoms with E-state index < -0.39 is 9.84 Å². The van der Waals surface area contributed by atoms with Crippen molar-refractivity contribution in [1.29, 1.82) is 0 Å². The van der Waals surface area contributed by atoms with Gasteiger partial charge in [0.1, 0.15) is 0 Å². The van der Waals surface area contributed by atoms with E-state index in [4.69, 9.17) is 5.73 Å². The van der Waals surface area contributed by atoms with Crippen LogP contribution in [0.4, 0.5) is 5.69 Å². The SMILES string of the molecule is CN(c1cccc(CN)c1)C1CCS(=O)(=O)C1. The summed E-state index contributed by atoms with van der Waals surface area (Å²) in [5.41, 5.74) is 7.70. The molecule has 1 heterocycles. The van der Waals surface area contributed by atoms with Gasteiger partial charge in [0, 0.05) is 25.3 Å². The molecule has 1 aliphatic rings. The second kappa shape index (κ2) is 4.66. The monoisotopic (exact) mass is 254 g/mol. The van der Waals surface area contributed by atoms with Gasteiger partial charge in [-0.25, -0.2) is 8.42 Å². The zero-order valence-electron chi connectivity index (χ0n) is 9.96. The minimum atomic E-state index is -2.83. The topological polar surface area (TPSA) is 63.4 Å². The molecule has 2 N–H and O–H groups in total. The van der Waals surface area contributed by atoms with Crippen molar-refractivity contribution in [2.75, 3.05) is 23.5 Å². The zero-order valence-corrected chi connectivity index (χ0v) is 10.8. The van der Waals surface area contributed by atoms with Crippen LogP contribution in [0, 0.1) is 0 Å². The molecule has 1 aromatic carbocycles. The third-order valence-electron chi connectivity index (χ3n) is 3.31. The number of sulfone groups is 1. The lowest BCUT2D eigenvalue weighted by molar-refractivity contribution is 0.601. The highest BCUT2D eigenvalue weighted by atomic mass is 32.2. The molecule has 1 aromatic rings. The van der Waals surface area contributed by atoms with Crippen LogP contribution in [0.25, 0.3) is 0 Å². The summed E-state index contributed by atoms with van der Waals surface area (Å²) in [6.45, 7) is 0.505. The smallest absolute Gasteiger partial charge is 0.152 e. The number of hydrogen-bond donors (Lipinski definition) is 1. The Labute approximate surface area is 102 Å². The highest BCUT2D eigenvalue weighted by Gasteiger charge is 2.30. The molecule has 0 aliphatic carbocycles. The first-order chi connectivity index (χ1) is 8.02. The first-order valence-corrected chi connectivity index (χ1v) is 7.56. The maximum Gasteiger partial charge on any atom is 0.152 e. The average Bonchev–Trinajstić information content (AvgIpc) is 2.69.